The first kappa shape index (κ1) is 15.4. The van der Waals surface area contributed by atoms with Gasteiger partial charge in [-0.2, -0.15) is 4.98 Å². The molecule has 2 aromatic rings. The molecule has 0 amide bonds. The van der Waals surface area contributed by atoms with Crippen LogP contribution in [0.15, 0.2) is 28.7 Å². The molecule has 0 atom stereocenters. The Morgan fingerprint density at radius 3 is 2.62 bits per heavy atom. The number of carboxylic acid groups (broad SMARTS) is 1. The van der Waals surface area contributed by atoms with Crippen LogP contribution in [0.1, 0.15) is 41.6 Å². The summed E-state index contributed by atoms with van der Waals surface area (Å²) in [5.41, 5.74) is 0.956. The normalized spacial score (nSPS) is 10.7. The van der Waals surface area contributed by atoms with Crippen molar-refractivity contribution in [3.05, 3.63) is 45.8 Å². The number of aromatic carboxylic acids is 1. The largest absolute Gasteiger partial charge is 0.478 e. The van der Waals surface area contributed by atoms with E-state index in [4.69, 9.17) is 9.84 Å². The molecule has 0 radical (unpaired) electrons. The van der Waals surface area contributed by atoms with E-state index >= 15 is 0 Å². The smallest absolute Gasteiger partial charge is 0.335 e. The highest BCUT2D eigenvalue weighted by atomic mass is 79.9. The molecule has 1 aromatic carbocycles. The Hall–Kier alpha value is -1.95. The molecule has 5 nitrogen and oxygen atoms in total. The number of hydrogen-bond donors (Lipinski definition) is 1. The third-order valence-electron chi connectivity index (χ3n) is 2.76. The summed E-state index contributed by atoms with van der Waals surface area (Å²) >= 11 is 3.34. The van der Waals surface area contributed by atoms with Gasteiger partial charge in [-0.05, 0) is 41.1 Å². The zero-order chi connectivity index (χ0) is 15.6. The monoisotopic (exact) mass is 350 g/mol. The summed E-state index contributed by atoms with van der Waals surface area (Å²) in [7, 11) is 0. The van der Waals surface area contributed by atoms with Crippen molar-refractivity contribution in [2.45, 2.75) is 26.7 Å². The van der Waals surface area contributed by atoms with Crippen molar-refractivity contribution < 1.29 is 14.6 Å². The first-order valence-electron chi connectivity index (χ1n) is 6.43. The molecule has 0 spiro atoms. The molecule has 0 unspecified atom stereocenters. The second kappa shape index (κ2) is 6.22. The zero-order valence-electron chi connectivity index (χ0n) is 11.9. The van der Waals surface area contributed by atoms with Gasteiger partial charge in [0.05, 0.1) is 10.0 Å². The lowest BCUT2D eigenvalue weighted by atomic mass is 10.2. The molecule has 0 aliphatic rings. The number of carbonyl (C=O) groups is 1. The lowest BCUT2D eigenvalue weighted by molar-refractivity contribution is 0.0696. The molecule has 0 saturated heterocycles. The number of benzene rings is 1. The number of nitrogens with zero attached hydrogens (tertiary/aromatic N) is 2. The molecule has 21 heavy (non-hydrogen) atoms. The van der Waals surface area contributed by atoms with Crippen LogP contribution in [-0.4, -0.2) is 21.0 Å². The minimum atomic E-state index is -1.01. The molecule has 1 N–H and O–H groups in total. The second-order valence-electron chi connectivity index (χ2n) is 4.91. The summed E-state index contributed by atoms with van der Waals surface area (Å²) in [5.74, 6) is 0.669. The Balaban J connectivity index is 2.38. The van der Waals surface area contributed by atoms with E-state index in [1.165, 1.54) is 12.1 Å². The lowest BCUT2D eigenvalue weighted by Gasteiger charge is -2.11. The van der Waals surface area contributed by atoms with Crippen LogP contribution >= 0.6 is 15.9 Å². The van der Waals surface area contributed by atoms with Gasteiger partial charge >= 0.3 is 5.97 Å². The Bertz CT molecular complexity index is 687. The number of rotatable bonds is 4. The van der Waals surface area contributed by atoms with Crippen LogP contribution < -0.4 is 4.74 Å². The van der Waals surface area contributed by atoms with E-state index in [2.05, 4.69) is 25.9 Å². The zero-order valence-corrected chi connectivity index (χ0v) is 13.5. The SMILES string of the molecule is Cc1cc(Oc2cc(C(=O)O)ccc2Br)nc(C(C)C)n1. The van der Waals surface area contributed by atoms with Gasteiger partial charge in [0.15, 0.2) is 0 Å². The standard InChI is InChI=1S/C15H15BrN2O3/c1-8(2)14-17-9(3)6-13(18-14)21-12-7-10(15(19)20)4-5-11(12)16/h4-8H,1-3H3,(H,19,20). The maximum absolute atomic E-state index is 11.0. The molecule has 110 valence electrons. The molecule has 6 heteroatoms. The van der Waals surface area contributed by atoms with Crippen LogP contribution in [0.3, 0.4) is 0 Å². The Labute approximate surface area is 131 Å². The van der Waals surface area contributed by atoms with Crippen molar-refractivity contribution in [2.75, 3.05) is 0 Å². The first-order valence-corrected chi connectivity index (χ1v) is 7.22. The summed E-state index contributed by atoms with van der Waals surface area (Å²) in [6.07, 6.45) is 0. The van der Waals surface area contributed by atoms with Crippen molar-refractivity contribution in [3.63, 3.8) is 0 Å². The summed E-state index contributed by atoms with van der Waals surface area (Å²) in [5, 5.41) is 9.03. The summed E-state index contributed by atoms with van der Waals surface area (Å²) in [6.45, 7) is 5.86. The van der Waals surface area contributed by atoms with Crippen LogP contribution in [0.2, 0.25) is 0 Å². The van der Waals surface area contributed by atoms with E-state index in [9.17, 15) is 4.79 Å². The minimum Gasteiger partial charge on any atom is -0.478 e. The number of ether oxygens (including phenoxy) is 1. The van der Waals surface area contributed by atoms with Crippen LogP contribution in [-0.2, 0) is 0 Å². The van der Waals surface area contributed by atoms with Crippen LogP contribution in [0.4, 0.5) is 0 Å². The van der Waals surface area contributed by atoms with Gasteiger partial charge in [-0.15, -0.1) is 0 Å². The van der Waals surface area contributed by atoms with Gasteiger partial charge in [0.2, 0.25) is 5.88 Å². The third-order valence-corrected chi connectivity index (χ3v) is 3.41. The molecule has 0 bridgehead atoms. The fourth-order valence-corrected chi connectivity index (χ4v) is 2.03. The highest BCUT2D eigenvalue weighted by Gasteiger charge is 2.12. The minimum absolute atomic E-state index is 0.156. The number of aromatic nitrogens is 2. The van der Waals surface area contributed by atoms with E-state index in [0.29, 0.717) is 21.9 Å². The van der Waals surface area contributed by atoms with Gasteiger partial charge in [0, 0.05) is 17.7 Å². The van der Waals surface area contributed by atoms with Gasteiger partial charge in [-0.1, -0.05) is 13.8 Å². The Kier molecular flexibility index (Phi) is 4.57. The maximum atomic E-state index is 11.0. The second-order valence-corrected chi connectivity index (χ2v) is 5.77. The van der Waals surface area contributed by atoms with Crippen molar-refractivity contribution in [1.29, 1.82) is 0 Å². The van der Waals surface area contributed by atoms with Gasteiger partial charge in [0.1, 0.15) is 11.6 Å². The number of aryl methyl sites for hydroxylation is 1. The average molecular weight is 351 g/mol. The Morgan fingerprint density at radius 1 is 1.29 bits per heavy atom. The topological polar surface area (TPSA) is 72.3 Å². The van der Waals surface area contributed by atoms with Crippen molar-refractivity contribution >= 4 is 21.9 Å². The Morgan fingerprint density at radius 2 is 2.00 bits per heavy atom. The number of halogens is 1. The van der Waals surface area contributed by atoms with E-state index in [1.54, 1.807) is 12.1 Å². The van der Waals surface area contributed by atoms with Gasteiger partial charge < -0.3 is 9.84 Å². The molecule has 0 saturated carbocycles. The summed E-state index contributed by atoms with van der Waals surface area (Å²) in [4.78, 5) is 19.7. The fourth-order valence-electron chi connectivity index (χ4n) is 1.70. The predicted octanol–water partition coefficient (Wildman–Crippen LogP) is 4.16. The molecule has 0 fully saturated rings. The maximum Gasteiger partial charge on any atom is 0.335 e. The van der Waals surface area contributed by atoms with Gasteiger partial charge in [-0.3, -0.25) is 0 Å². The van der Waals surface area contributed by atoms with E-state index in [1.807, 2.05) is 20.8 Å². The first-order chi connectivity index (χ1) is 9.86. The molecule has 1 heterocycles. The van der Waals surface area contributed by atoms with Crippen molar-refractivity contribution in [2.24, 2.45) is 0 Å². The summed E-state index contributed by atoms with van der Waals surface area (Å²) < 4.78 is 6.37. The van der Waals surface area contributed by atoms with E-state index in [-0.39, 0.29) is 11.5 Å². The molecule has 0 aliphatic carbocycles. The van der Waals surface area contributed by atoms with E-state index < -0.39 is 5.97 Å². The fraction of sp³-hybridized carbons (Fsp3) is 0.267. The molecular weight excluding hydrogens is 336 g/mol. The third kappa shape index (κ3) is 3.78. The van der Waals surface area contributed by atoms with Crippen molar-refractivity contribution in [3.8, 4) is 11.6 Å². The number of hydrogen-bond acceptors (Lipinski definition) is 4. The van der Waals surface area contributed by atoms with Gasteiger partial charge in [-0.25, -0.2) is 9.78 Å². The molecule has 0 aliphatic heterocycles. The lowest BCUT2D eigenvalue weighted by Crippen LogP contribution is -2.02. The van der Waals surface area contributed by atoms with Crippen molar-refractivity contribution in [1.82, 2.24) is 9.97 Å². The van der Waals surface area contributed by atoms with Gasteiger partial charge in [0.25, 0.3) is 0 Å². The van der Waals surface area contributed by atoms with E-state index in [0.717, 1.165) is 5.69 Å². The average Bonchev–Trinajstić information content (AvgIpc) is 2.40. The quantitative estimate of drug-likeness (QED) is 0.895. The van der Waals surface area contributed by atoms with Crippen LogP contribution in [0, 0.1) is 6.92 Å². The highest BCUT2D eigenvalue weighted by molar-refractivity contribution is 9.10. The molecule has 2 rings (SSSR count). The number of carboxylic acids is 1. The summed E-state index contributed by atoms with van der Waals surface area (Å²) in [6, 6.07) is 6.31. The molecule has 1 aromatic heterocycles. The molecular formula is C15H15BrN2O3. The highest BCUT2D eigenvalue weighted by Crippen LogP contribution is 2.30. The van der Waals surface area contributed by atoms with Crippen LogP contribution in [0.25, 0.3) is 0 Å². The van der Waals surface area contributed by atoms with Crippen LogP contribution in [0.5, 0.6) is 11.6 Å². The predicted molar refractivity (Wildman–Crippen MR) is 82.0 cm³/mol.